The summed E-state index contributed by atoms with van der Waals surface area (Å²) in [6.07, 6.45) is 0. The highest BCUT2D eigenvalue weighted by Crippen LogP contribution is 2.28. The molecule has 3 N–H and O–H groups in total. The van der Waals surface area contributed by atoms with Crippen LogP contribution in [-0.2, 0) is 0 Å². The molecule has 1 aromatic heterocycles. The first-order chi connectivity index (χ1) is 8.11. The molecule has 0 spiro atoms. The van der Waals surface area contributed by atoms with Gasteiger partial charge in [0.05, 0.1) is 6.04 Å². The molecule has 0 saturated carbocycles. The molecule has 2 rings (SSSR count). The van der Waals surface area contributed by atoms with Crippen LogP contribution in [0, 0.1) is 20.8 Å². The maximum atomic E-state index is 5.72. The van der Waals surface area contributed by atoms with Crippen molar-refractivity contribution in [1.29, 1.82) is 0 Å². The Hall–Kier alpha value is -1.16. The van der Waals surface area contributed by atoms with Gasteiger partial charge in [-0.2, -0.15) is 0 Å². The molecular weight excluding hydrogens is 228 g/mol. The molecule has 0 radical (unpaired) electrons. The summed E-state index contributed by atoms with van der Waals surface area (Å²) in [7, 11) is 0. The highest BCUT2D eigenvalue weighted by Gasteiger charge is 2.15. The molecule has 2 aromatic rings. The quantitative estimate of drug-likeness (QED) is 0.644. The first kappa shape index (κ1) is 12.3. The zero-order valence-electron chi connectivity index (χ0n) is 10.4. The van der Waals surface area contributed by atoms with Crippen LogP contribution in [0.15, 0.2) is 29.6 Å². The van der Waals surface area contributed by atoms with E-state index in [-0.39, 0.29) is 6.04 Å². The Morgan fingerprint density at radius 1 is 1.12 bits per heavy atom. The largest absolute Gasteiger partial charge is 0.271 e. The fraction of sp³-hybridized carbons (Fsp3) is 0.286. The van der Waals surface area contributed by atoms with Gasteiger partial charge in [0.1, 0.15) is 0 Å². The van der Waals surface area contributed by atoms with Crippen molar-refractivity contribution in [2.45, 2.75) is 26.8 Å². The highest BCUT2D eigenvalue weighted by molar-refractivity contribution is 7.10. The van der Waals surface area contributed by atoms with E-state index >= 15 is 0 Å². The number of hydrogen-bond acceptors (Lipinski definition) is 3. The summed E-state index contributed by atoms with van der Waals surface area (Å²) in [5.41, 5.74) is 7.96. The number of thiophene rings is 1. The number of nitrogens with one attached hydrogen (secondary N) is 1. The molecule has 0 bridgehead atoms. The second-order valence-corrected chi connectivity index (χ2v) is 5.57. The second-order valence-electron chi connectivity index (χ2n) is 4.45. The zero-order chi connectivity index (χ0) is 12.4. The van der Waals surface area contributed by atoms with Crippen molar-refractivity contribution in [1.82, 2.24) is 5.43 Å². The van der Waals surface area contributed by atoms with Gasteiger partial charge in [-0.3, -0.25) is 5.84 Å². The first-order valence-electron chi connectivity index (χ1n) is 5.70. The number of rotatable bonds is 3. The van der Waals surface area contributed by atoms with E-state index in [1.54, 1.807) is 11.3 Å². The SMILES string of the molecule is Cc1cc(C)cc(C(NN)c2ccsc2C)c1. The molecule has 1 atom stereocenters. The van der Waals surface area contributed by atoms with E-state index in [2.05, 4.69) is 55.8 Å². The number of hydrazine groups is 1. The summed E-state index contributed by atoms with van der Waals surface area (Å²) < 4.78 is 0. The van der Waals surface area contributed by atoms with Crippen LogP contribution in [0.4, 0.5) is 0 Å². The molecule has 1 heterocycles. The fourth-order valence-electron chi connectivity index (χ4n) is 2.24. The molecule has 0 saturated heterocycles. The van der Waals surface area contributed by atoms with Crippen molar-refractivity contribution in [3.8, 4) is 0 Å². The predicted molar refractivity (Wildman–Crippen MR) is 74.1 cm³/mol. The summed E-state index contributed by atoms with van der Waals surface area (Å²) in [6, 6.07) is 8.78. The Morgan fingerprint density at radius 3 is 2.24 bits per heavy atom. The van der Waals surface area contributed by atoms with Crippen LogP contribution in [-0.4, -0.2) is 0 Å². The van der Waals surface area contributed by atoms with E-state index in [0.29, 0.717) is 0 Å². The summed E-state index contributed by atoms with van der Waals surface area (Å²) in [5.74, 6) is 5.72. The van der Waals surface area contributed by atoms with Crippen LogP contribution in [0.5, 0.6) is 0 Å². The van der Waals surface area contributed by atoms with Crippen LogP contribution in [0.3, 0.4) is 0 Å². The van der Waals surface area contributed by atoms with Gasteiger partial charge in [-0.15, -0.1) is 11.3 Å². The number of hydrogen-bond donors (Lipinski definition) is 2. The lowest BCUT2D eigenvalue weighted by molar-refractivity contribution is 0.635. The minimum atomic E-state index is 0.0832. The maximum absolute atomic E-state index is 5.72. The molecule has 2 nitrogen and oxygen atoms in total. The summed E-state index contributed by atoms with van der Waals surface area (Å²) in [4.78, 5) is 1.31. The second kappa shape index (κ2) is 5.00. The van der Waals surface area contributed by atoms with Crippen molar-refractivity contribution < 1.29 is 0 Å². The Labute approximate surface area is 106 Å². The van der Waals surface area contributed by atoms with E-state index in [1.165, 1.54) is 27.1 Å². The van der Waals surface area contributed by atoms with E-state index in [4.69, 9.17) is 5.84 Å². The van der Waals surface area contributed by atoms with Gasteiger partial charge in [-0.05, 0) is 43.3 Å². The van der Waals surface area contributed by atoms with E-state index in [9.17, 15) is 0 Å². The Bertz CT molecular complexity index is 496. The number of aryl methyl sites for hydroxylation is 3. The normalized spacial score (nSPS) is 12.7. The maximum Gasteiger partial charge on any atom is 0.0720 e. The Morgan fingerprint density at radius 2 is 1.76 bits per heavy atom. The molecule has 0 aliphatic rings. The predicted octanol–water partition coefficient (Wildman–Crippen LogP) is 3.23. The third-order valence-corrected chi connectivity index (χ3v) is 3.82. The molecule has 90 valence electrons. The van der Waals surface area contributed by atoms with Crippen LogP contribution in [0.25, 0.3) is 0 Å². The molecule has 0 aliphatic heterocycles. The van der Waals surface area contributed by atoms with Gasteiger partial charge in [0.2, 0.25) is 0 Å². The molecular formula is C14H18N2S. The number of benzene rings is 1. The molecule has 0 aliphatic carbocycles. The van der Waals surface area contributed by atoms with Crippen LogP contribution >= 0.6 is 11.3 Å². The van der Waals surface area contributed by atoms with E-state index in [1.807, 2.05) is 0 Å². The van der Waals surface area contributed by atoms with Gasteiger partial charge in [-0.1, -0.05) is 29.3 Å². The molecule has 17 heavy (non-hydrogen) atoms. The van der Waals surface area contributed by atoms with Crippen molar-refractivity contribution >= 4 is 11.3 Å². The monoisotopic (exact) mass is 246 g/mol. The lowest BCUT2D eigenvalue weighted by Crippen LogP contribution is -2.29. The van der Waals surface area contributed by atoms with Crippen LogP contribution in [0.1, 0.15) is 33.2 Å². The lowest BCUT2D eigenvalue weighted by atomic mass is 9.97. The third-order valence-electron chi connectivity index (χ3n) is 2.95. The van der Waals surface area contributed by atoms with Crippen molar-refractivity contribution in [2.75, 3.05) is 0 Å². The lowest BCUT2D eigenvalue weighted by Gasteiger charge is -2.18. The molecule has 3 heteroatoms. The van der Waals surface area contributed by atoms with Crippen LogP contribution in [0.2, 0.25) is 0 Å². The molecule has 1 unspecified atom stereocenters. The van der Waals surface area contributed by atoms with Gasteiger partial charge in [0.25, 0.3) is 0 Å². The third kappa shape index (κ3) is 2.57. The van der Waals surface area contributed by atoms with Gasteiger partial charge < -0.3 is 0 Å². The smallest absolute Gasteiger partial charge is 0.0720 e. The summed E-state index contributed by atoms with van der Waals surface area (Å²) in [5, 5.41) is 2.11. The first-order valence-corrected chi connectivity index (χ1v) is 6.58. The summed E-state index contributed by atoms with van der Waals surface area (Å²) >= 11 is 1.76. The minimum absolute atomic E-state index is 0.0832. The number of nitrogens with two attached hydrogens (primary N) is 1. The topological polar surface area (TPSA) is 38.0 Å². The minimum Gasteiger partial charge on any atom is -0.271 e. The van der Waals surface area contributed by atoms with Crippen LogP contribution < -0.4 is 11.3 Å². The zero-order valence-corrected chi connectivity index (χ0v) is 11.3. The Kier molecular flexibility index (Phi) is 3.62. The average molecular weight is 246 g/mol. The Balaban J connectivity index is 2.45. The van der Waals surface area contributed by atoms with Gasteiger partial charge >= 0.3 is 0 Å². The molecule has 0 amide bonds. The highest BCUT2D eigenvalue weighted by atomic mass is 32.1. The molecule has 1 aromatic carbocycles. The van der Waals surface area contributed by atoms with Crippen molar-refractivity contribution in [3.63, 3.8) is 0 Å². The summed E-state index contributed by atoms with van der Waals surface area (Å²) in [6.45, 7) is 6.36. The van der Waals surface area contributed by atoms with E-state index < -0.39 is 0 Å². The van der Waals surface area contributed by atoms with E-state index in [0.717, 1.165) is 0 Å². The van der Waals surface area contributed by atoms with Crippen molar-refractivity contribution in [2.24, 2.45) is 5.84 Å². The molecule has 0 fully saturated rings. The van der Waals surface area contributed by atoms with Gasteiger partial charge in [-0.25, -0.2) is 5.43 Å². The fourth-order valence-corrected chi connectivity index (χ4v) is 2.98. The average Bonchev–Trinajstić information content (AvgIpc) is 2.65. The standard InChI is InChI=1S/C14H18N2S/c1-9-6-10(2)8-12(7-9)14(16-15)13-4-5-17-11(13)3/h4-8,14,16H,15H2,1-3H3. The van der Waals surface area contributed by atoms with Gasteiger partial charge in [0.15, 0.2) is 0 Å². The van der Waals surface area contributed by atoms with Crippen molar-refractivity contribution in [3.05, 3.63) is 56.8 Å². The van der Waals surface area contributed by atoms with Gasteiger partial charge in [0, 0.05) is 4.88 Å².